The predicted molar refractivity (Wildman–Crippen MR) is 128 cm³/mol. The number of hydrogen-bond donors (Lipinski definition) is 1. The summed E-state index contributed by atoms with van der Waals surface area (Å²) in [7, 11) is 0. The normalized spacial score (nSPS) is 10.9. The zero-order valence-corrected chi connectivity index (χ0v) is 19.3. The van der Waals surface area contributed by atoms with Crippen molar-refractivity contribution in [2.75, 3.05) is 11.1 Å². The standard InChI is InChI=1S/C23H19BrN4O2S/c1-14-7-9-19(17(24)11-14)26-21(29)13-31-23-27-18-6-4-3-5-16(18)22(30)28(23)20-10-8-15(2)12-25-20/h3-12H,13H2,1-2H3,(H,26,29). The quantitative estimate of drug-likeness (QED) is 0.315. The highest BCUT2D eigenvalue weighted by Crippen LogP contribution is 2.25. The number of aryl methyl sites for hydroxylation is 2. The molecule has 0 radical (unpaired) electrons. The van der Waals surface area contributed by atoms with Crippen LogP contribution in [0, 0.1) is 13.8 Å². The number of pyridine rings is 1. The number of fused-ring (bicyclic) bond motifs is 1. The molecule has 2 aromatic heterocycles. The smallest absolute Gasteiger partial charge is 0.267 e. The van der Waals surface area contributed by atoms with Crippen LogP contribution in [0.3, 0.4) is 0 Å². The van der Waals surface area contributed by atoms with Gasteiger partial charge in [-0.05, 0) is 71.2 Å². The SMILES string of the molecule is Cc1ccc(-n2c(SCC(=O)Nc3ccc(C)cc3Br)nc3ccccc3c2=O)nc1. The number of benzene rings is 2. The zero-order chi connectivity index (χ0) is 22.0. The Balaban J connectivity index is 1.66. The van der Waals surface area contributed by atoms with Gasteiger partial charge >= 0.3 is 0 Å². The summed E-state index contributed by atoms with van der Waals surface area (Å²) in [6, 6.07) is 16.6. The molecule has 0 aliphatic heterocycles. The zero-order valence-electron chi connectivity index (χ0n) is 16.9. The number of thioether (sulfide) groups is 1. The van der Waals surface area contributed by atoms with Crippen LogP contribution in [-0.4, -0.2) is 26.2 Å². The van der Waals surface area contributed by atoms with E-state index in [1.54, 1.807) is 30.5 Å². The molecule has 0 spiro atoms. The highest BCUT2D eigenvalue weighted by atomic mass is 79.9. The Bertz CT molecular complexity index is 1340. The Labute approximate surface area is 191 Å². The van der Waals surface area contributed by atoms with Crippen LogP contribution >= 0.6 is 27.7 Å². The van der Waals surface area contributed by atoms with E-state index in [0.29, 0.717) is 27.6 Å². The minimum Gasteiger partial charge on any atom is -0.324 e. The van der Waals surface area contributed by atoms with E-state index >= 15 is 0 Å². The first-order valence-electron chi connectivity index (χ1n) is 9.56. The van der Waals surface area contributed by atoms with Crippen molar-refractivity contribution >= 4 is 50.2 Å². The van der Waals surface area contributed by atoms with Crippen molar-refractivity contribution in [3.63, 3.8) is 0 Å². The Morgan fingerprint density at radius 3 is 2.61 bits per heavy atom. The molecule has 2 heterocycles. The third-order valence-electron chi connectivity index (χ3n) is 4.60. The monoisotopic (exact) mass is 494 g/mol. The van der Waals surface area contributed by atoms with Gasteiger partial charge in [0.15, 0.2) is 5.16 Å². The summed E-state index contributed by atoms with van der Waals surface area (Å²) in [6.07, 6.45) is 1.70. The maximum Gasteiger partial charge on any atom is 0.267 e. The third-order valence-corrected chi connectivity index (χ3v) is 6.20. The van der Waals surface area contributed by atoms with E-state index in [1.807, 2.05) is 44.2 Å². The van der Waals surface area contributed by atoms with E-state index in [0.717, 1.165) is 15.6 Å². The molecule has 0 aliphatic rings. The van der Waals surface area contributed by atoms with Gasteiger partial charge in [-0.1, -0.05) is 36.0 Å². The molecular weight excluding hydrogens is 476 g/mol. The Morgan fingerprint density at radius 1 is 1.10 bits per heavy atom. The van der Waals surface area contributed by atoms with E-state index < -0.39 is 0 Å². The van der Waals surface area contributed by atoms with Crippen LogP contribution in [0.15, 0.2) is 75.2 Å². The molecule has 1 amide bonds. The summed E-state index contributed by atoms with van der Waals surface area (Å²) in [5, 5.41) is 3.81. The van der Waals surface area contributed by atoms with Crippen LogP contribution in [0.5, 0.6) is 0 Å². The van der Waals surface area contributed by atoms with Crippen LogP contribution in [0.25, 0.3) is 16.7 Å². The minimum atomic E-state index is -0.217. The summed E-state index contributed by atoms with van der Waals surface area (Å²) < 4.78 is 2.28. The van der Waals surface area contributed by atoms with Gasteiger partial charge in [0.05, 0.1) is 22.3 Å². The molecule has 4 aromatic rings. The molecule has 8 heteroatoms. The van der Waals surface area contributed by atoms with Gasteiger partial charge in [-0.3, -0.25) is 9.59 Å². The van der Waals surface area contributed by atoms with E-state index in [4.69, 9.17) is 0 Å². The topological polar surface area (TPSA) is 76.9 Å². The number of aromatic nitrogens is 3. The second kappa shape index (κ2) is 9.03. The van der Waals surface area contributed by atoms with Crippen LogP contribution < -0.4 is 10.9 Å². The summed E-state index contributed by atoms with van der Waals surface area (Å²) in [6.45, 7) is 3.91. The van der Waals surface area contributed by atoms with Crippen molar-refractivity contribution in [2.45, 2.75) is 19.0 Å². The fourth-order valence-corrected chi connectivity index (χ4v) is 4.43. The lowest BCUT2D eigenvalue weighted by molar-refractivity contribution is -0.113. The summed E-state index contributed by atoms with van der Waals surface area (Å²) >= 11 is 4.66. The molecule has 0 aliphatic carbocycles. The minimum absolute atomic E-state index is 0.0942. The molecule has 4 rings (SSSR count). The van der Waals surface area contributed by atoms with E-state index in [1.165, 1.54) is 16.3 Å². The number of amides is 1. The Morgan fingerprint density at radius 2 is 1.87 bits per heavy atom. The molecule has 6 nitrogen and oxygen atoms in total. The molecule has 1 N–H and O–H groups in total. The first kappa shape index (κ1) is 21.3. The van der Waals surface area contributed by atoms with Gasteiger partial charge in [0, 0.05) is 10.7 Å². The van der Waals surface area contributed by atoms with Crippen molar-refractivity contribution < 1.29 is 4.79 Å². The number of carbonyl (C=O) groups excluding carboxylic acids is 1. The molecule has 0 unspecified atom stereocenters. The lowest BCUT2D eigenvalue weighted by atomic mass is 10.2. The molecule has 31 heavy (non-hydrogen) atoms. The summed E-state index contributed by atoms with van der Waals surface area (Å²) in [5.74, 6) is 0.371. The molecule has 2 aromatic carbocycles. The summed E-state index contributed by atoms with van der Waals surface area (Å²) in [5.41, 5.74) is 3.14. The molecular formula is C23H19BrN4O2S. The van der Waals surface area contributed by atoms with Crippen LogP contribution in [0.1, 0.15) is 11.1 Å². The maximum atomic E-state index is 13.2. The number of rotatable bonds is 5. The first-order valence-corrected chi connectivity index (χ1v) is 11.3. The van der Waals surface area contributed by atoms with Crippen LogP contribution in [0.2, 0.25) is 0 Å². The molecule has 156 valence electrons. The van der Waals surface area contributed by atoms with E-state index in [2.05, 4.69) is 31.2 Å². The molecule has 0 saturated heterocycles. The van der Waals surface area contributed by atoms with E-state index in [-0.39, 0.29) is 17.2 Å². The van der Waals surface area contributed by atoms with Crippen LogP contribution in [0.4, 0.5) is 5.69 Å². The van der Waals surface area contributed by atoms with Crippen LogP contribution in [-0.2, 0) is 4.79 Å². The predicted octanol–water partition coefficient (Wildman–Crippen LogP) is 4.89. The number of nitrogens with zero attached hydrogens (tertiary/aromatic N) is 3. The fourth-order valence-electron chi connectivity index (χ4n) is 3.04. The number of halogens is 1. The first-order chi connectivity index (χ1) is 14.9. The maximum absolute atomic E-state index is 13.2. The molecule has 0 atom stereocenters. The van der Waals surface area contributed by atoms with Gasteiger partial charge in [0.1, 0.15) is 5.82 Å². The second-order valence-electron chi connectivity index (χ2n) is 7.07. The van der Waals surface area contributed by atoms with Gasteiger partial charge < -0.3 is 5.32 Å². The Kier molecular flexibility index (Phi) is 6.20. The van der Waals surface area contributed by atoms with Gasteiger partial charge in [0.2, 0.25) is 5.91 Å². The highest BCUT2D eigenvalue weighted by Gasteiger charge is 2.16. The number of nitrogens with one attached hydrogen (secondary N) is 1. The number of carbonyl (C=O) groups is 1. The number of para-hydroxylation sites is 1. The molecule has 0 fully saturated rings. The molecule has 0 saturated carbocycles. The number of anilines is 1. The van der Waals surface area contributed by atoms with Gasteiger partial charge in [0.25, 0.3) is 5.56 Å². The van der Waals surface area contributed by atoms with Crippen molar-refractivity contribution in [1.29, 1.82) is 0 Å². The average molecular weight is 495 g/mol. The number of hydrogen-bond acceptors (Lipinski definition) is 5. The van der Waals surface area contributed by atoms with Gasteiger partial charge in [-0.2, -0.15) is 0 Å². The van der Waals surface area contributed by atoms with E-state index in [9.17, 15) is 9.59 Å². The second-order valence-corrected chi connectivity index (χ2v) is 8.86. The largest absolute Gasteiger partial charge is 0.324 e. The molecule has 0 bridgehead atoms. The lowest BCUT2D eigenvalue weighted by Gasteiger charge is -2.13. The highest BCUT2D eigenvalue weighted by molar-refractivity contribution is 9.10. The van der Waals surface area contributed by atoms with Crippen molar-refractivity contribution in [1.82, 2.24) is 14.5 Å². The Hall–Kier alpha value is -2.97. The van der Waals surface area contributed by atoms with Gasteiger partial charge in [-0.25, -0.2) is 14.5 Å². The van der Waals surface area contributed by atoms with Crippen molar-refractivity contribution in [2.24, 2.45) is 0 Å². The van der Waals surface area contributed by atoms with Gasteiger partial charge in [-0.15, -0.1) is 0 Å². The average Bonchev–Trinajstić information content (AvgIpc) is 2.75. The third kappa shape index (κ3) is 4.70. The van der Waals surface area contributed by atoms with Crippen molar-refractivity contribution in [3.05, 3.63) is 86.7 Å². The van der Waals surface area contributed by atoms with Crippen molar-refractivity contribution in [3.8, 4) is 5.82 Å². The fraction of sp³-hybridized carbons (Fsp3) is 0.130. The summed E-state index contributed by atoms with van der Waals surface area (Å²) in [4.78, 5) is 34.8. The lowest BCUT2D eigenvalue weighted by Crippen LogP contribution is -2.23.